The van der Waals surface area contributed by atoms with Gasteiger partial charge in [0.05, 0.1) is 33.5 Å². The van der Waals surface area contributed by atoms with E-state index < -0.39 is 30.7 Å². The molecule has 0 saturated carbocycles. The lowest BCUT2D eigenvalue weighted by Crippen LogP contribution is -2.61. The van der Waals surface area contributed by atoms with Crippen LogP contribution in [0.3, 0.4) is 0 Å². The molecule has 5 atom stereocenters. The van der Waals surface area contributed by atoms with Gasteiger partial charge in [0.2, 0.25) is 0 Å². The van der Waals surface area contributed by atoms with Crippen molar-refractivity contribution in [2.24, 2.45) is 5.41 Å². The third kappa shape index (κ3) is 9.90. The van der Waals surface area contributed by atoms with Gasteiger partial charge in [0, 0.05) is 6.61 Å². The molecule has 0 radical (unpaired) electrons. The summed E-state index contributed by atoms with van der Waals surface area (Å²) in [5.41, 5.74) is 3.22. The molecule has 0 unspecified atom stereocenters. The second-order valence-corrected chi connectivity index (χ2v) is 11.9. The highest BCUT2D eigenvalue weighted by Gasteiger charge is 2.48. The van der Waals surface area contributed by atoms with Crippen molar-refractivity contribution in [1.29, 1.82) is 0 Å². The fourth-order valence-electron chi connectivity index (χ4n) is 4.98. The fourth-order valence-corrected chi connectivity index (χ4v) is 4.98. The van der Waals surface area contributed by atoms with E-state index in [-0.39, 0.29) is 12.0 Å². The van der Waals surface area contributed by atoms with Crippen molar-refractivity contribution in [2.75, 3.05) is 20.3 Å². The molecule has 1 N–H and O–H groups in total. The molecule has 1 aliphatic rings. The van der Waals surface area contributed by atoms with Crippen molar-refractivity contribution < 1.29 is 33.5 Å². The zero-order chi connectivity index (χ0) is 29.8. The average molecular weight is 579 g/mol. The predicted octanol–water partition coefficient (Wildman–Crippen LogP) is 6.31. The molecular formula is C35H46O7. The maximum Gasteiger partial charge on any atom is 0.187 e. The third-order valence-corrected chi connectivity index (χ3v) is 7.30. The van der Waals surface area contributed by atoms with E-state index in [4.69, 9.17) is 28.4 Å². The smallest absolute Gasteiger partial charge is 0.187 e. The minimum Gasteiger partial charge on any atom is -0.497 e. The van der Waals surface area contributed by atoms with E-state index in [2.05, 4.69) is 20.8 Å². The normalized spacial score (nSPS) is 22.6. The number of benzene rings is 3. The van der Waals surface area contributed by atoms with Crippen LogP contribution in [0.25, 0.3) is 0 Å². The van der Waals surface area contributed by atoms with E-state index in [0.717, 1.165) is 35.3 Å². The van der Waals surface area contributed by atoms with Crippen LogP contribution in [0, 0.1) is 5.41 Å². The van der Waals surface area contributed by atoms with Gasteiger partial charge in [-0.2, -0.15) is 0 Å². The van der Waals surface area contributed by atoms with Crippen molar-refractivity contribution in [2.45, 2.75) is 84.1 Å². The Hall–Kier alpha value is -2.78. The third-order valence-electron chi connectivity index (χ3n) is 7.30. The second-order valence-electron chi connectivity index (χ2n) is 11.9. The molecule has 7 heteroatoms. The van der Waals surface area contributed by atoms with Crippen molar-refractivity contribution in [3.63, 3.8) is 0 Å². The first-order valence-electron chi connectivity index (χ1n) is 14.8. The molecule has 7 nitrogen and oxygen atoms in total. The molecule has 0 bridgehead atoms. The molecule has 1 heterocycles. The first-order valence-corrected chi connectivity index (χ1v) is 14.8. The number of hydrogen-bond acceptors (Lipinski definition) is 7. The molecule has 3 aromatic rings. The predicted molar refractivity (Wildman–Crippen MR) is 162 cm³/mol. The molecule has 1 fully saturated rings. The van der Waals surface area contributed by atoms with E-state index in [1.54, 1.807) is 7.11 Å². The van der Waals surface area contributed by atoms with Gasteiger partial charge in [0.1, 0.15) is 30.2 Å². The molecule has 3 aromatic carbocycles. The van der Waals surface area contributed by atoms with Gasteiger partial charge in [-0.1, -0.05) is 93.6 Å². The lowest BCUT2D eigenvalue weighted by molar-refractivity contribution is -0.327. The maximum atomic E-state index is 10.4. The van der Waals surface area contributed by atoms with Crippen LogP contribution in [0.2, 0.25) is 0 Å². The van der Waals surface area contributed by atoms with Crippen LogP contribution in [0.1, 0.15) is 50.3 Å². The van der Waals surface area contributed by atoms with Gasteiger partial charge in [-0.3, -0.25) is 0 Å². The molecule has 0 aliphatic carbocycles. The van der Waals surface area contributed by atoms with Gasteiger partial charge in [-0.05, 0) is 47.1 Å². The quantitative estimate of drug-likeness (QED) is 0.212. The summed E-state index contributed by atoms with van der Waals surface area (Å²) in [5, 5.41) is 10.4. The fraction of sp³-hybridized carbons (Fsp3) is 0.486. The van der Waals surface area contributed by atoms with Gasteiger partial charge in [0.25, 0.3) is 0 Å². The first kappa shape index (κ1) is 32.1. The monoisotopic (exact) mass is 578 g/mol. The number of aliphatic hydroxyl groups is 1. The molecule has 0 aromatic heterocycles. The van der Waals surface area contributed by atoms with Crippen LogP contribution in [-0.4, -0.2) is 56.1 Å². The van der Waals surface area contributed by atoms with Gasteiger partial charge in [-0.25, -0.2) is 0 Å². The van der Waals surface area contributed by atoms with Crippen molar-refractivity contribution in [3.8, 4) is 5.75 Å². The molecule has 1 saturated heterocycles. The summed E-state index contributed by atoms with van der Waals surface area (Å²) in [7, 11) is 1.64. The zero-order valence-corrected chi connectivity index (χ0v) is 25.3. The summed E-state index contributed by atoms with van der Waals surface area (Å²) < 4.78 is 37.6. The van der Waals surface area contributed by atoms with E-state index >= 15 is 0 Å². The maximum absolute atomic E-state index is 10.4. The van der Waals surface area contributed by atoms with Crippen molar-refractivity contribution >= 4 is 0 Å². The molecule has 0 amide bonds. The molecule has 0 spiro atoms. The highest BCUT2D eigenvalue weighted by atomic mass is 16.7. The lowest BCUT2D eigenvalue weighted by Gasteiger charge is -2.45. The second kappa shape index (κ2) is 16.2. The molecular weight excluding hydrogens is 532 g/mol. The Bertz CT molecular complexity index is 1150. The van der Waals surface area contributed by atoms with Gasteiger partial charge < -0.3 is 33.5 Å². The van der Waals surface area contributed by atoms with Gasteiger partial charge in [-0.15, -0.1) is 0 Å². The largest absolute Gasteiger partial charge is 0.497 e. The van der Waals surface area contributed by atoms with Crippen LogP contribution in [0.5, 0.6) is 5.75 Å². The van der Waals surface area contributed by atoms with Crippen LogP contribution in [0.15, 0.2) is 84.9 Å². The summed E-state index contributed by atoms with van der Waals surface area (Å²) in [4.78, 5) is 0. The number of rotatable bonds is 15. The zero-order valence-electron chi connectivity index (χ0n) is 25.3. The Kier molecular flexibility index (Phi) is 12.4. The first-order chi connectivity index (χ1) is 20.4. The Morgan fingerprint density at radius 1 is 0.667 bits per heavy atom. The standard InChI is InChI=1S/C35H46O7/c1-35(2,3)20-11-21-38-32-31(39-24-28-16-18-29(37-4)19-17-28)30(22-36)42-34(41-25-27-14-9-6-10-15-27)33(32)40-23-26-12-7-5-8-13-26/h5-10,12-19,30-34,36H,11,20-25H2,1-4H3/t30-,31-,32+,33-,34+/m1/s1. The Labute approximate surface area is 250 Å². The summed E-state index contributed by atoms with van der Waals surface area (Å²) >= 11 is 0. The summed E-state index contributed by atoms with van der Waals surface area (Å²) in [6, 6.07) is 27.7. The average Bonchev–Trinajstić information content (AvgIpc) is 3.01. The number of hydrogen-bond donors (Lipinski definition) is 1. The van der Waals surface area contributed by atoms with E-state index in [0.29, 0.717) is 26.4 Å². The summed E-state index contributed by atoms with van der Waals surface area (Å²) in [6.07, 6.45) is -1.22. The van der Waals surface area contributed by atoms with Gasteiger partial charge >= 0.3 is 0 Å². The molecule has 1 aliphatic heterocycles. The molecule has 228 valence electrons. The van der Waals surface area contributed by atoms with E-state index in [9.17, 15) is 5.11 Å². The van der Waals surface area contributed by atoms with Crippen LogP contribution < -0.4 is 4.74 Å². The summed E-state index contributed by atoms with van der Waals surface area (Å²) in [5.74, 6) is 0.779. The minimum atomic E-state index is -0.764. The Balaban J connectivity index is 1.57. The van der Waals surface area contributed by atoms with Crippen molar-refractivity contribution in [3.05, 3.63) is 102 Å². The summed E-state index contributed by atoms with van der Waals surface area (Å²) in [6.45, 7) is 7.97. The van der Waals surface area contributed by atoms with Gasteiger partial charge in [0.15, 0.2) is 6.29 Å². The van der Waals surface area contributed by atoms with E-state index in [1.165, 1.54) is 0 Å². The lowest BCUT2D eigenvalue weighted by atomic mass is 9.91. The van der Waals surface area contributed by atoms with Crippen LogP contribution in [0.4, 0.5) is 0 Å². The molecule has 4 rings (SSSR count). The highest BCUT2D eigenvalue weighted by molar-refractivity contribution is 5.26. The SMILES string of the molecule is COc1ccc(CO[C@H]2[C@H](OCCCC(C)(C)C)[C@@H](OCc3ccccc3)[C@@H](OCc3ccccc3)O[C@@H]2CO)cc1. The highest BCUT2D eigenvalue weighted by Crippen LogP contribution is 2.32. The number of ether oxygens (including phenoxy) is 6. The number of aliphatic hydroxyl groups excluding tert-OH is 1. The van der Waals surface area contributed by atoms with E-state index in [1.807, 2.05) is 84.9 Å². The molecule has 42 heavy (non-hydrogen) atoms. The Morgan fingerprint density at radius 3 is 1.76 bits per heavy atom. The Morgan fingerprint density at radius 2 is 1.21 bits per heavy atom. The van der Waals surface area contributed by atoms with Crippen molar-refractivity contribution in [1.82, 2.24) is 0 Å². The minimum absolute atomic E-state index is 0.196. The van der Waals surface area contributed by atoms with Crippen LogP contribution in [-0.2, 0) is 43.5 Å². The van der Waals surface area contributed by atoms with Crippen LogP contribution >= 0.6 is 0 Å². The number of methoxy groups -OCH3 is 1. The topological polar surface area (TPSA) is 75.6 Å².